The third-order valence-corrected chi connectivity index (χ3v) is 6.41. The number of hydrogen-bond acceptors (Lipinski definition) is 4. The van der Waals surface area contributed by atoms with Crippen molar-refractivity contribution in [3.63, 3.8) is 0 Å². The second-order valence-corrected chi connectivity index (χ2v) is 9.26. The van der Waals surface area contributed by atoms with Gasteiger partial charge in [0.25, 0.3) is 5.91 Å². The van der Waals surface area contributed by atoms with Gasteiger partial charge in [0.05, 0.1) is 11.8 Å². The molecule has 0 fully saturated rings. The van der Waals surface area contributed by atoms with Gasteiger partial charge in [0.2, 0.25) is 10.0 Å². The lowest BCUT2D eigenvalue weighted by molar-refractivity contribution is -0.218. The van der Waals surface area contributed by atoms with Crippen LogP contribution >= 0.6 is 67.8 Å². The zero-order valence-electron chi connectivity index (χ0n) is 10.9. The second-order valence-electron chi connectivity index (χ2n) is 4.13. The van der Waals surface area contributed by atoms with Gasteiger partial charge in [-0.3, -0.25) is 4.79 Å². The van der Waals surface area contributed by atoms with E-state index in [9.17, 15) is 18.3 Å². The molecule has 116 valence electrons. The van der Waals surface area contributed by atoms with E-state index < -0.39 is 15.9 Å². The van der Waals surface area contributed by atoms with Crippen molar-refractivity contribution >= 4 is 89.6 Å². The Morgan fingerprint density at radius 2 is 1.90 bits per heavy atom. The lowest BCUT2D eigenvalue weighted by Crippen LogP contribution is -2.38. The number of sulfonamides is 1. The number of rotatable bonds is 4. The highest BCUT2D eigenvalue weighted by atomic mass is 127. The fourth-order valence-electron chi connectivity index (χ4n) is 1.41. The highest BCUT2D eigenvalue weighted by Crippen LogP contribution is 2.23. The first kappa shape index (κ1) is 19.3. The number of carbonyl (C=O) groups excluding carboxylic acids is 1. The number of carbonyl (C=O) groups is 1. The van der Waals surface area contributed by atoms with Crippen molar-refractivity contribution < 1.29 is 18.3 Å². The predicted octanol–water partition coefficient (Wildman–Crippen LogP) is 1.29. The summed E-state index contributed by atoms with van der Waals surface area (Å²) in [5, 5.41) is 11.5. The molecule has 10 heteroatoms. The van der Waals surface area contributed by atoms with E-state index in [-0.39, 0.29) is 12.5 Å². The van der Waals surface area contributed by atoms with Gasteiger partial charge in [0.15, 0.2) is 0 Å². The average Bonchev–Trinajstić information content (AvgIpc) is 2.30. The van der Waals surface area contributed by atoms with E-state index >= 15 is 0 Å². The SMILES string of the molecule is CN(C/C([O-])=N\S(C)(=O)=O)C(=O)c1cc(I)cc(I)c1I. The number of amides is 1. The van der Waals surface area contributed by atoms with Gasteiger partial charge in [-0.05, 0) is 85.8 Å². The Morgan fingerprint density at radius 3 is 2.43 bits per heavy atom. The highest BCUT2D eigenvalue weighted by Gasteiger charge is 2.17. The lowest BCUT2D eigenvalue weighted by atomic mass is 10.2. The molecule has 0 atom stereocenters. The topological polar surface area (TPSA) is 89.9 Å². The van der Waals surface area contributed by atoms with Crippen molar-refractivity contribution in [3.05, 3.63) is 28.4 Å². The molecule has 6 nitrogen and oxygen atoms in total. The van der Waals surface area contributed by atoms with E-state index in [0.29, 0.717) is 5.56 Å². The Hall–Kier alpha value is 0.300. The molecule has 0 aliphatic carbocycles. The van der Waals surface area contributed by atoms with Crippen LogP contribution in [0.1, 0.15) is 10.4 Å². The zero-order valence-corrected chi connectivity index (χ0v) is 18.2. The maximum Gasteiger partial charge on any atom is 0.255 e. The first-order chi connectivity index (χ1) is 9.51. The van der Waals surface area contributed by atoms with Crippen LogP contribution in [0.2, 0.25) is 0 Å². The van der Waals surface area contributed by atoms with Crippen LogP contribution in [-0.2, 0) is 10.0 Å². The third kappa shape index (κ3) is 6.13. The molecule has 0 aliphatic rings. The molecule has 1 aromatic carbocycles. The number of halogens is 3. The minimum absolute atomic E-state index is 0.354. The highest BCUT2D eigenvalue weighted by molar-refractivity contribution is 14.1. The molecule has 0 saturated heterocycles. The van der Waals surface area contributed by atoms with Gasteiger partial charge < -0.3 is 10.0 Å². The van der Waals surface area contributed by atoms with Crippen LogP contribution in [-0.4, -0.2) is 45.0 Å². The molecule has 0 unspecified atom stereocenters. The van der Waals surface area contributed by atoms with E-state index in [4.69, 9.17) is 0 Å². The Balaban J connectivity index is 3.02. The average molecular weight is 647 g/mol. The van der Waals surface area contributed by atoms with Crippen LogP contribution in [0.15, 0.2) is 16.5 Å². The summed E-state index contributed by atoms with van der Waals surface area (Å²) in [6.45, 7) is -0.385. The maximum atomic E-state index is 12.3. The van der Waals surface area contributed by atoms with Gasteiger partial charge in [-0.15, -0.1) is 0 Å². The molecule has 0 N–H and O–H groups in total. The third-order valence-electron chi connectivity index (χ3n) is 2.21. The van der Waals surface area contributed by atoms with E-state index in [1.54, 1.807) is 6.07 Å². The summed E-state index contributed by atoms with van der Waals surface area (Å²) >= 11 is 6.30. The van der Waals surface area contributed by atoms with Crippen molar-refractivity contribution in [1.82, 2.24) is 4.90 Å². The van der Waals surface area contributed by atoms with Crippen LogP contribution < -0.4 is 5.11 Å². The molecule has 1 rings (SSSR count). The number of nitrogens with zero attached hydrogens (tertiary/aromatic N) is 2. The smallest absolute Gasteiger partial charge is 0.255 e. The summed E-state index contributed by atoms with van der Waals surface area (Å²) in [6, 6.07) is 3.66. The molecule has 0 aliphatic heterocycles. The minimum Gasteiger partial charge on any atom is -0.860 e. The van der Waals surface area contributed by atoms with Crippen molar-refractivity contribution in [2.45, 2.75) is 0 Å². The van der Waals surface area contributed by atoms with Crippen LogP contribution in [0.3, 0.4) is 0 Å². The summed E-state index contributed by atoms with van der Waals surface area (Å²) in [6.07, 6.45) is 0.831. The predicted molar refractivity (Wildman–Crippen MR) is 104 cm³/mol. The van der Waals surface area contributed by atoms with Crippen LogP contribution in [0.5, 0.6) is 0 Å². The summed E-state index contributed by atoms with van der Waals surface area (Å²) in [7, 11) is -2.32. The molecule has 1 amide bonds. The standard InChI is InChI=1S/C11H11I3N2O4S/c1-16(5-9(17)15-21(2,19)20)11(18)7-3-6(12)4-8(13)10(7)14/h3-4H,5H2,1-2H3,(H,15,17)/p-1. The fraction of sp³-hybridized carbons (Fsp3) is 0.273. The van der Waals surface area contributed by atoms with Gasteiger partial charge in [0.1, 0.15) is 0 Å². The molecule has 21 heavy (non-hydrogen) atoms. The van der Waals surface area contributed by atoms with Crippen LogP contribution in [0, 0.1) is 10.7 Å². The summed E-state index contributed by atoms with van der Waals surface area (Å²) in [4.78, 5) is 13.5. The first-order valence-corrected chi connectivity index (χ1v) is 10.5. The molecule has 1 aromatic rings. The molecule has 0 heterocycles. The Bertz CT molecular complexity index is 704. The van der Waals surface area contributed by atoms with Gasteiger partial charge >= 0.3 is 0 Å². The first-order valence-electron chi connectivity index (χ1n) is 5.37. The maximum absolute atomic E-state index is 12.3. The summed E-state index contributed by atoms with van der Waals surface area (Å²) in [5.41, 5.74) is 0.474. The van der Waals surface area contributed by atoms with Crippen LogP contribution in [0.25, 0.3) is 0 Å². The minimum atomic E-state index is -3.75. The van der Waals surface area contributed by atoms with E-state index in [0.717, 1.165) is 21.9 Å². The summed E-state index contributed by atoms with van der Waals surface area (Å²) in [5.74, 6) is -1.23. The number of benzene rings is 1. The lowest BCUT2D eigenvalue weighted by Gasteiger charge is -2.21. The molecule has 0 aromatic heterocycles. The van der Waals surface area contributed by atoms with E-state index in [2.05, 4.69) is 72.2 Å². The molecule has 0 saturated carbocycles. The van der Waals surface area contributed by atoms with Gasteiger partial charge in [-0.25, -0.2) is 8.42 Å². The molecular formula is C11H10I3N2O4S-. The van der Waals surface area contributed by atoms with E-state index in [1.807, 2.05) is 6.07 Å². The monoisotopic (exact) mass is 647 g/mol. The van der Waals surface area contributed by atoms with Gasteiger partial charge in [-0.2, -0.15) is 4.40 Å². The van der Waals surface area contributed by atoms with Gasteiger partial charge in [0, 0.05) is 24.3 Å². The summed E-state index contributed by atoms with van der Waals surface area (Å²) < 4.78 is 27.5. The van der Waals surface area contributed by atoms with Crippen molar-refractivity contribution in [3.8, 4) is 0 Å². The number of hydrogen-bond donors (Lipinski definition) is 0. The molecule has 0 spiro atoms. The Labute approximate surface area is 163 Å². The molecule has 0 bridgehead atoms. The Kier molecular flexibility index (Phi) is 7.11. The number of likely N-dealkylation sites (N-methyl/N-ethyl adjacent to an activating group) is 1. The quantitative estimate of drug-likeness (QED) is 0.214. The van der Waals surface area contributed by atoms with Crippen molar-refractivity contribution in [1.29, 1.82) is 0 Å². The largest absolute Gasteiger partial charge is 0.860 e. The van der Waals surface area contributed by atoms with Crippen LogP contribution in [0.4, 0.5) is 0 Å². The Morgan fingerprint density at radius 1 is 1.33 bits per heavy atom. The van der Waals surface area contributed by atoms with Gasteiger partial charge in [-0.1, -0.05) is 0 Å². The second kappa shape index (κ2) is 7.72. The molecular weight excluding hydrogens is 637 g/mol. The van der Waals surface area contributed by atoms with Crippen molar-refractivity contribution in [2.75, 3.05) is 19.8 Å². The van der Waals surface area contributed by atoms with Crippen molar-refractivity contribution in [2.24, 2.45) is 4.40 Å². The normalized spacial score (nSPS) is 12.3. The fourth-order valence-corrected chi connectivity index (χ4v) is 4.22. The molecule has 0 radical (unpaired) electrons. The van der Waals surface area contributed by atoms with E-state index in [1.165, 1.54) is 7.05 Å². The zero-order chi connectivity index (χ0) is 16.4.